The Labute approximate surface area is 84.2 Å². The van der Waals surface area contributed by atoms with Crippen LogP contribution < -0.4 is 5.73 Å². The van der Waals surface area contributed by atoms with Crippen LogP contribution in [0.4, 0.5) is 0 Å². The molecule has 1 radical (unpaired) electrons. The van der Waals surface area contributed by atoms with E-state index < -0.39 is 0 Å². The van der Waals surface area contributed by atoms with Crippen LogP contribution in [0.25, 0.3) is 11.1 Å². The number of rotatable bonds is 2. The first-order chi connectivity index (χ1) is 6.92. The second-order valence-electron chi connectivity index (χ2n) is 3.15. The lowest BCUT2D eigenvalue weighted by Crippen LogP contribution is -1.98. The summed E-state index contributed by atoms with van der Waals surface area (Å²) >= 11 is 0. The first-order valence-corrected chi connectivity index (χ1v) is 4.66. The molecule has 0 spiro atoms. The third-order valence-corrected chi connectivity index (χ3v) is 2.27. The quantitative estimate of drug-likeness (QED) is 0.759. The van der Waals surface area contributed by atoms with Gasteiger partial charge in [0.1, 0.15) is 0 Å². The van der Waals surface area contributed by atoms with Gasteiger partial charge in [0.15, 0.2) is 0 Å². The van der Waals surface area contributed by atoms with Crippen molar-refractivity contribution in [2.45, 2.75) is 6.54 Å². The van der Waals surface area contributed by atoms with E-state index in [1.54, 1.807) is 0 Å². The third kappa shape index (κ3) is 1.68. The van der Waals surface area contributed by atoms with Gasteiger partial charge in [-0.1, -0.05) is 48.5 Å². The lowest BCUT2D eigenvalue weighted by molar-refractivity contribution is 1.07. The molecule has 0 fully saturated rings. The molecule has 0 amide bonds. The smallest absolute Gasteiger partial charge is 0.0184 e. The van der Waals surface area contributed by atoms with Crippen molar-refractivity contribution in [3.05, 3.63) is 60.2 Å². The average Bonchev–Trinajstić information content (AvgIpc) is 2.30. The van der Waals surface area contributed by atoms with Gasteiger partial charge in [0.2, 0.25) is 0 Å². The Hall–Kier alpha value is -1.60. The molecule has 2 aromatic carbocycles. The molecule has 2 N–H and O–H groups in total. The van der Waals surface area contributed by atoms with Gasteiger partial charge in [-0.3, -0.25) is 0 Å². The lowest BCUT2D eigenvalue weighted by atomic mass is 10.00. The summed E-state index contributed by atoms with van der Waals surface area (Å²) < 4.78 is 0. The van der Waals surface area contributed by atoms with Crippen LogP contribution in [0.15, 0.2) is 48.5 Å². The van der Waals surface area contributed by atoms with E-state index in [2.05, 4.69) is 30.3 Å². The predicted octanol–water partition coefficient (Wildman–Crippen LogP) is 2.61. The topological polar surface area (TPSA) is 26.0 Å². The van der Waals surface area contributed by atoms with Crippen LogP contribution in [-0.2, 0) is 6.54 Å². The zero-order valence-electron chi connectivity index (χ0n) is 7.90. The molecule has 69 valence electrons. The second kappa shape index (κ2) is 4.07. The zero-order valence-corrected chi connectivity index (χ0v) is 7.90. The number of hydrogen-bond donors (Lipinski definition) is 1. The molecule has 1 nitrogen and oxygen atoms in total. The molecular formula is C13H12N. The molecule has 0 heterocycles. The zero-order chi connectivity index (χ0) is 9.80. The van der Waals surface area contributed by atoms with Crippen LogP contribution in [0.2, 0.25) is 0 Å². The minimum Gasteiger partial charge on any atom is -0.326 e. The SMILES string of the molecule is NCc1ccccc1-c1cc[c]cc1. The van der Waals surface area contributed by atoms with Gasteiger partial charge in [-0.15, -0.1) is 0 Å². The Morgan fingerprint density at radius 1 is 1.00 bits per heavy atom. The minimum atomic E-state index is 0.578. The highest BCUT2D eigenvalue weighted by atomic mass is 14.5. The van der Waals surface area contributed by atoms with Crippen molar-refractivity contribution in [3.63, 3.8) is 0 Å². The fourth-order valence-electron chi connectivity index (χ4n) is 1.55. The van der Waals surface area contributed by atoms with Gasteiger partial charge in [-0.05, 0) is 22.8 Å². The van der Waals surface area contributed by atoms with E-state index in [1.807, 2.05) is 24.3 Å². The summed E-state index contributed by atoms with van der Waals surface area (Å²) in [6, 6.07) is 19.2. The molecule has 0 saturated carbocycles. The maximum atomic E-state index is 5.68. The van der Waals surface area contributed by atoms with Gasteiger partial charge >= 0.3 is 0 Å². The van der Waals surface area contributed by atoms with Crippen molar-refractivity contribution in [2.75, 3.05) is 0 Å². The summed E-state index contributed by atoms with van der Waals surface area (Å²) in [4.78, 5) is 0. The van der Waals surface area contributed by atoms with Crippen LogP contribution in [0.1, 0.15) is 5.56 Å². The Balaban J connectivity index is 2.51. The minimum absolute atomic E-state index is 0.578. The van der Waals surface area contributed by atoms with Crippen molar-refractivity contribution in [3.8, 4) is 11.1 Å². The number of benzene rings is 2. The molecular weight excluding hydrogens is 170 g/mol. The standard InChI is InChI=1S/C13H12N/c14-10-12-8-4-5-9-13(12)11-6-2-1-3-7-11/h2-9H,10,14H2. The highest BCUT2D eigenvalue weighted by molar-refractivity contribution is 5.66. The van der Waals surface area contributed by atoms with Crippen molar-refractivity contribution >= 4 is 0 Å². The normalized spacial score (nSPS) is 10.1. The van der Waals surface area contributed by atoms with Crippen LogP contribution in [0.3, 0.4) is 0 Å². The van der Waals surface area contributed by atoms with E-state index >= 15 is 0 Å². The van der Waals surface area contributed by atoms with Crippen molar-refractivity contribution in [1.29, 1.82) is 0 Å². The molecule has 14 heavy (non-hydrogen) atoms. The van der Waals surface area contributed by atoms with Crippen LogP contribution in [-0.4, -0.2) is 0 Å². The van der Waals surface area contributed by atoms with Gasteiger partial charge in [0.05, 0.1) is 0 Å². The first-order valence-electron chi connectivity index (χ1n) is 4.66. The van der Waals surface area contributed by atoms with Gasteiger partial charge in [0.25, 0.3) is 0 Å². The second-order valence-corrected chi connectivity index (χ2v) is 3.15. The Morgan fingerprint density at radius 3 is 2.43 bits per heavy atom. The molecule has 2 rings (SSSR count). The Morgan fingerprint density at radius 2 is 1.71 bits per heavy atom. The summed E-state index contributed by atoms with van der Waals surface area (Å²) in [6.45, 7) is 0.578. The average molecular weight is 182 g/mol. The highest BCUT2D eigenvalue weighted by Crippen LogP contribution is 2.22. The molecule has 0 bridgehead atoms. The van der Waals surface area contributed by atoms with E-state index in [9.17, 15) is 0 Å². The molecule has 1 heteroatoms. The predicted molar refractivity (Wildman–Crippen MR) is 58.6 cm³/mol. The van der Waals surface area contributed by atoms with Crippen molar-refractivity contribution in [1.82, 2.24) is 0 Å². The Kier molecular flexibility index (Phi) is 2.61. The van der Waals surface area contributed by atoms with E-state index in [0.717, 1.165) is 0 Å². The molecule has 0 aromatic heterocycles. The van der Waals surface area contributed by atoms with Crippen LogP contribution >= 0.6 is 0 Å². The first kappa shape index (κ1) is 8.97. The summed E-state index contributed by atoms with van der Waals surface area (Å²) in [6.07, 6.45) is 0. The van der Waals surface area contributed by atoms with Gasteiger partial charge in [-0.25, -0.2) is 0 Å². The largest absolute Gasteiger partial charge is 0.326 e. The lowest BCUT2D eigenvalue weighted by Gasteiger charge is -2.06. The van der Waals surface area contributed by atoms with Gasteiger partial charge in [-0.2, -0.15) is 0 Å². The molecule has 0 aliphatic heterocycles. The van der Waals surface area contributed by atoms with Crippen molar-refractivity contribution < 1.29 is 0 Å². The van der Waals surface area contributed by atoms with Crippen LogP contribution in [0.5, 0.6) is 0 Å². The summed E-state index contributed by atoms with van der Waals surface area (Å²) in [7, 11) is 0. The molecule has 0 saturated heterocycles. The van der Waals surface area contributed by atoms with E-state index in [4.69, 9.17) is 5.73 Å². The molecule has 0 unspecified atom stereocenters. The fraction of sp³-hybridized carbons (Fsp3) is 0.0769. The van der Waals surface area contributed by atoms with Gasteiger partial charge < -0.3 is 5.73 Å². The molecule has 0 aliphatic carbocycles. The van der Waals surface area contributed by atoms with Gasteiger partial charge in [0, 0.05) is 6.54 Å². The Bertz CT molecular complexity index is 407. The summed E-state index contributed by atoms with van der Waals surface area (Å²) in [5.41, 5.74) is 9.27. The maximum absolute atomic E-state index is 5.68. The maximum Gasteiger partial charge on any atom is 0.0184 e. The van der Waals surface area contributed by atoms with E-state index in [0.29, 0.717) is 6.54 Å². The number of nitrogens with two attached hydrogens (primary N) is 1. The molecule has 0 atom stereocenters. The summed E-state index contributed by atoms with van der Waals surface area (Å²) in [5, 5.41) is 0. The third-order valence-electron chi connectivity index (χ3n) is 2.27. The molecule has 0 aliphatic rings. The van der Waals surface area contributed by atoms with E-state index in [-0.39, 0.29) is 0 Å². The fourth-order valence-corrected chi connectivity index (χ4v) is 1.55. The molecule has 2 aromatic rings. The van der Waals surface area contributed by atoms with Crippen LogP contribution in [0, 0.1) is 6.07 Å². The van der Waals surface area contributed by atoms with E-state index in [1.165, 1.54) is 16.7 Å². The highest BCUT2D eigenvalue weighted by Gasteiger charge is 2.00. The number of hydrogen-bond acceptors (Lipinski definition) is 1. The monoisotopic (exact) mass is 182 g/mol. The van der Waals surface area contributed by atoms with Crippen molar-refractivity contribution in [2.24, 2.45) is 5.73 Å². The summed E-state index contributed by atoms with van der Waals surface area (Å²) in [5.74, 6) is 0.